The van der Waals surface area contributed by atoms with Crippen molar-refractivity contribution in [3.05, 3.63) is 65.0 Å². The van der Waals surface area contributed by atoms with Gasteiger partial charge < -0.3 is 14.7 Å². The van der Waals surface area contributed by atoms with E-state index in [1.54, 1.807) is 6.92 Å². The van der Waals surface area contributed by atoms with E-state index in [0.29, 0.717) is 6.42 Å². The quantitative estimate of drug-likeness (QED) is 0.721. The summed E-state index contributed by atoms with van der Waals surface area (Å²) in [6, 6.07) is 18.0. The van der Waals surface area contributed by atoms with Gasteiger partial charge in [-0.1, -0.05) is 48.9 Å². The van der Waals surface area contributed by atoms with Crippen molar-refractivity contribution in [1.82, 2.24) is 4.90 Å². The van der Waals surface area contributed by atoms with Crippen molar-refractivity contribution in [1.29, 1.82) is 0 Å². The number of ether oxygens (including phenoxy) is 1. The van der Waals surface area contributed by atoms with Crippen LogP contribution in [0.4, 0.5) is 0 Å². The predicted octanol–water partition coefficient (Wildman–Crippen LogP) is 3.94. The monoisotopic (exact) mass is 325 g/mol. The Balaban J connectivity index is 0.000000231. The molecular weight excluding hydrogens is 298 g/mol. The molecule has 1 unspecified atom stereocenters. The molecule has 0 bridgehead atoms. The van der Waals surface area contributed by atoms with E-state index in [4.69, 9.17) is 4.74 Å². The maximum absolute atomic E-state index is 10.2. The minimum absolute atomic E-state index is 0.641. The number of piperidine rings is 1. The number of hydrogen-bond acceptors (Lipinski definition) is 3. The Labute approximate surface area is 144 Å². The van der Waals surface area contributed by atoms with Gasteiger partial charge in [0.15, 0.2) is 0 Å². The highest BCUT2D eigenvalue weighted by atomic mass is 16.6. The zero-order valence-corrected chi connectivity index (χ0v) is 14.4. The third kappa shape index (κ3) is 4.83. The fourth-order valence-electron chi connectivity index (χ4n) is 3.00. The van der Waals surface area contributed by atoms with Gasteiger partial charge in [-0.2, -0.15) is 0 Å². The second-order valence-electron chi connectivity index (χ2n) is 6.82. The van der Waals surface area contributed by atoms with Gasteiger partial charge in [0.2, 0.25) is 5.79 Å². The number of benzene rings is 2. The van der Waals surface area contributed by atoms with E-state index >= 15 is 0 Å². The van der Waals surface area contributed by atoms with Crippen LogP contribution in [-0.2, 0) is 0 Å². The van der Waals surface area contributed by atoms with Crippen molar-refractivity contribution in [2.75, 3.05) is 19.6 Å². The van der Waals surface area contributed by atoms with Crippen molar-refractivity contribution >= 4 is 0 Å². The topological polar surface area (TPSA) is 32.7 Å². The molecule has 0 saturated carbocycles. The predicted molar refractivity (Wildman–Crippen MR) is 96.7 cm³/mol. The normalized spacial score (nSPS) is 18.1. The van der Waals surface area contributed by atoms with Crippen LogP contribution in [0.2, 0.25) is 0 Å². The second-order valence-corrected chi connectivity index (χ2v) is 6.82. The van der Waals surface area contributed by atoms with E-state index < -0.39 is 5.79 Å². The molecule has 0 radical (unpaired) electrons. The summed E-state index contributed by atoms with van der Waals surface area (Å²) in [7, 11) is 0. The van der Waals surface area contributed by atoms with Crippen LogP contribution in [-0.4, -0.2) is 35.4 Å². The first kappa shape index (κ1) is 17.0. The summed E-state index contributed by atoms with van der Waals surface area (Å²) in [6.45, 7) is 4.95. The molecule has 0 aromatic heterocycles. The van der Waals surface area contributed by atoms with E-state index in [1.165, 1.54) is 29.7 Å². The minimum Gasteiger partial charge on any atom is -0.463 e. The highest BCUT2D eigenvalue weighted by Crippen LogP contribution is 2.20. The smallest absolute Gasteiger partial charge is 0.206 e. The summed E-state index contributed by atoms with van der Waals surface area (Å²) >= 11 is 0. The van der Waals surface area contributed by atoms with Gasteiger partial charge in [-0.3, -0.25) is 0 Å². The Morgan fingerprint density at radius 2 is 1.50 bits per heavy atom. The van der Waals surface area contributed by atoms with Crippen molar-refractivity contribution < 1.29 is 9.84 Å². The lowest BCUT2D eigenvalue weighted by molar-refractivity contribution is -0.130. The number of aliphatic hydroxyl groups is 1. The first-order valence-electron chi connectivity index (χ1n) is 8.92. The molecule has 128 valence electrons. The molecule has 3 aliphatic rings. The van der Waals surface area contributed by atoms with Gasteiger partial charge in [-0.05, 0) is 48.5 Å². The van der Waals surface area contributed by atoms with Gasteiger partial charge in [0.1, 0.15) is 5.75 Å². The Morgan fingerprint density at radius 1 is 0.917 bits per heavy atom. The molecule has 1 aromatic rings. The standard InChI is InChI=1S/C15H23NO2.C6H4/c1-15(17,18-14-8-4-2-5-9-14)10-13-16-11-6-3-7-12-16;1-2-6-4-3-5(1)6/h2,4-5,8-9,17H,3,6-7,10-13H2,1H3;1-4H. The van der Waals surface area contributed by atoms with Crippen molar-refractivity contribution in [3.63, 3.8) is 0 Å². The average Bonchev–Trinajstić information content (AvgIpc) is 2.58. The van der Waals surface area contributed by atoms with Gasteiger partial charge in [0.25, 0.3) is 0 Å². The number of hydrogen-bond donors (Lipinski definition) is 1. The third-order valence-corrected chi connectivity index (χ3v) is 4.64. The molecule has 0 amide bonds. The number of nitrogens with zero attached hydrogens (tertiary/aromatic N) is 1. The van der Waals surface area contributed by atoms with Crippen LogP contribution < -0.4 is 4.74 Å². The van der Waals surface area contributed by atoms with Crippen LogP contribution in [0.3, 0.4) is 0 Å². The van der Waals surface area contributed by atoms with Crippen LogP contribution in [0.25, 0.3) is 0 Å². The zero-order chi connectivity index (χ0) is 16.8. The lowest BCUT2D eigenvalue weighted by Gasteiger charge is -2.31. The van der Waals surface area contributed by atoms with Gasteiger partial charge in [0.05, 0.1) is 0 Å². The highest BCUT2D eigenvalue weighted by molar-refractivity contribution is 5.22. The first-order valence-corrected chi connectivity index (χ1v) is 8.92. The molecule has 3 nitrogen and oxygen atoms in total. The SMILES string of the molecule is CC(O)(CCN1CCCCC1)Oc1ccccc1.c1cc2ccc1=2. The van der Waals surface area contributed by atoms with Crippen LogP contribution in [0, 0.1) is 10.4 Å². The maximum atomic E-state index is 10.2. The van der Waals surface area contributed by atoms with Crippen molar-refractivity contribution in [2.24, 2.45) is 0 Å². The third-order valence-electron chi connectivity index (χ3n) is 4.64. The summed E-state index contributed by atoms with van der Waals surface area (Å²) < 4.78 is 5.62. The molecular formula is C21H27NO2. The Morgan fingerprint density at radius 3 is 2.00 bits per heavy atom. The van der Waals surface area contributed by atoms with E-state index in [9.17, 15) is 5.11 Å². The molecule has 1 N–H and O–H groups in total. The van der Waals surface area contributed by atoms with E-state index in [0.717, 1.165) is 25.4 Å². The fraction of sp³-hybridized carbons (Fsp3) is 0.429. The summed E-state index contributed by atoms with van der Waals surface area (Å²) in [5.41, 5.74) is 0. The Hall–Kier alpha value is -1.84. The van der Waals surface area contributed by atoms with E-state index in [1.807, 2.05) is 30.3 Å². The Kier molecular flexibility index (Phi) is 5.54. The summed E-state index contributed by atoms with van der Waals surface area (Å²) in [5.74, 6) is -0.361. The van der Waals surface area contributed by atoms with E-state index in [2.05, 4.69) is 29.2 Å². The molecule has 1 aromatic carbocycles. The molecule has 2 aliphatic carbocycles. The molecule has 1 aliphatic heterocycles. The van der Waals surface area contributed by atoms with Crippen LogP contribution in [0.5, 0.6) is 5.75 Å². The molecule has 0 spiro atoms. The van der Waals surface area contributed by atoms with Gasteiger partial charge >= 0.3 is 0 Å². The zero-order valence-electron chi connectivity index (χ0n) is 14.4. The molecule has 3 heteroatoms. The summed E-state index contributed by atoms with van der Waals surface area (Å²) in [4.78, 5) is 2.41. The molecule has 1 atom stereocenters. The number of para-hydroxylation sites is 1. The Bertz CT molecular complexity index is 671. The summed E-state index contributed by atoms with van der Waals surface area (Å²) in [5, 5.41) is 13.1. The highest BCUT2D eigenvalue weighted by Gasteiger charge is 2.24. The molecule has 24 heavy (non-hydrogen) atoms. The molecule has 1 fully saturated rings. The number of rotatable bonds is 5. The molecule has 1 heterocycles. The van der Waals surface area contributed by atoms with Crippen LogP contribution in [0.15, 0.2) is 54.6 Å². The van der Waals surface area contributed by atoms with Crippen molar-refractivity contribution in [3.8, 4) is 5.75 Å². The van der Waals surface area contributed by atoms with Gasteiger partial charge in [-0.15, -0.1) is 0 Å². The minimum atomic E-state index is -1.08. The van der Waals surface area contributed by atoms with Gasteiger partial charge in [0, 0.05) is 19.9 Å². The van der Waals surface area contributed by atoms with Crippen molar-refractivity contribution in [2.45, 2.75) is 38.4 Å². The molecule has 4 rings (SSSR count). The lowest BCUT2D eigenvalue weighted by atomic mass is 10.1. The lowest BCUT2D eigenvalue weighted by Crippen LogP contribution is -2.39. The van der Waals surface area contributed by atoms with E-state index in [-0.39, 0.29) is 0 Å². The average molecular weight is 325 g/mol. The largest absolute Gasteiger partial charge is 0.463 e. The second kappa shape index (κ2) is 7.82. The van der Waals surface area contributed by atoms with Gasteiger partial charge in [-0.25, -0.2) is 0 Å². The number of likely N-dealkylation sites (tertiary alicyclic amines) is 1. The molecule has 1 saturated heterocycles. The fourth-order valence-corrected chi connectivity index (χ4v) is 3.00. The van der Waals surface area contributed by atoms with Crippen LogP contribution >= 0.6 is 0 Å². The summed E-state index contributed by atoms with van der Waals surface area (Å²) in [6.07, 6.45) is 4.54. The maximum Gasteiger partial charge on any atom is 0.206 e. The first-order chi connectivity index (χ1) is 11.6. The van der Waals surface area contributed by atoms with Crippen LogP contribution in [0.1, 0.15) is 32.6 Å².